The number of hydrogen-bond donors (Lipinski definition) is 3. The summed E-state index contributed by atoms with van der Waals surface area (Å²) in [5.74, 6) is 1.66. The number of nitrogens with one attached hydrogen (secondary N) is 3. The van der Waals surface area contributed by atoms with Gasteiger partial charge in [-0.2, -0.15) is 0 Å². The Bertz CT molecular complexity index is 347. The van der Waals surface area contributed by atoms with Gasteiger partial charge in [-0.1, -0.05) is 46.0 Å². The van der Waals surface area contributed by atoms with Gasteiger partial charge in [0.2, 0.25) is 0 Å². The molecule has 0 bridgehead atoms. The van der Waals surface area contributed by atoms with Crippen molar-refractivity contribution in [3.63, 3.8) is 0 Å². The lowest BCUT2D eigenvalue weighted by molar-refractivity contribution is 0.403. The van der Waals surface area contributed by atoms with Gasteiger partial charge in [0.05, 0.1) is 0 Å². The van der Waals surface area contributed by atoms with E-state index in [1.54, 1.807) is 0 Å². The maximum atomic E-state index is 4.63. The van der Waals surface area contributed by atoms with Crippen LogP contribution in [0.25, 0.3) is 0 Å². The molecule has 1 heterocycles. The van der Waals surface area contributed by atoms with Gasteiger partial charge in [0, 0.05) is 13.1 Å². The third kappa shape index (κ3) is 7.93. The average molecular weight is 295 g/mol. The Morgan fingerprint density at radius 2 is 1.33 bits per heavy atom. The monoisotopic (exact) mass is 295 g/mol. The molecule has 0 unspecified atom stereocenters. The van der Waals surface area contributed by atoms with Gasteiger partial charge in [-0.05, 0) is 26.7 Å². The molecule has 5 nitrogen and oxygen atoms in total. The summed E-state index contributed by atoms with van der Waals surface area (Å²) in [5, 5.41) is 9.92. The summed E-state index contributed by atoms with van der Waals surface area (Å²) in [4.78, 5) is 9.13. The number of unbranched alkanes of at least 4 members (excludes halogenated alkanes) is 5. The SMILES string of the molecule is CCCCCCCCN=C1NC(=NCCC)NC(C)(C)N1. The van der Waals surface area contributed by atoms with Crippen molar-refractivity contribution in [1.82, 2.24) is 16.0 Å². The molecule has 3 N–H and O–H groups in total. The molecule has 1 fully saturated rings. The Balaban J connectivity index is 2.36. The molecule has 122 valence electrons. The van der Waals surface area contributed by atoms with Crippen LogP contribution in [0.15, 0.2) is 9.98 Å². The normalized spacial score (nSPS) is 21.0. The fourth-order valence-corrected chi connectivity index (χ4v) is 2.26. The Kier molecular flexibility index (Phi) is 8.16. The third-order valence-corrected chi connectivity index (χ3v) is 3.37. The maximum absolute atomic E-state index is 4.63. The highest BCUT2D eigenvalue weighted by molar-refractivity contribution is 6.01. The van der Waals surface area contributed by atoms with Crippen molar-refractivity contribution < 1.29 is 0 Å². The molecular weight excluding hydrogens is 262 g/mol. The zero-order valence-corrected chi connectivity index (χ0v) is 14.3. The molecule has 21 heavy (non-hydrogen) atoms. The van der Waals surface area contributed by atoms with Crippen molar-refractivity contribution in [3.05, 3.63) is 0 Å². The Labute approximate surface area is 130 Å². The minimum atomic E-state index is -0.211. The highest BCUT2D eigenvalue weighted by atomic mass is 15.4. The van der Waals surface area contributed by atoms with Gasteiger partial charge in [-0.3, -0.25) is 15.3 Å². The summed E-state index contributed by atoms with van der Waals surface area (Å²) < 4.78 is 0. The van der Waals surface area contributed by atoms with Crippen molar-refractivity contribution in [2.45, 2.75) is 78.3 Å². The van der Waals surface area contributed by atoms with E-state index in [2.05, 4.69) is 53.6 Å². The molecule has 0 spiro atoms. The van der Waals surface area contributed by atoms with Gasteiger partial charge < -0.3 is 10.6 Å². The molecule has 0 aliphatic carbocycles. The fourth-order valence-electron chi connectivity index (χ4n) is 2.26. The predicted octanol–water partition coefficient (Wildman–Crippen LogP) is 2.99. The van der Waals surface area contributed by atoms with Crippen LogP contribution in [0, 0.1) is 0 Å². The second-order valence-corrected chi connectivity index (χ2v) is 6.23. The first-order valence-corrected chi connectivity index (χ1v) is 8.49. The van der Waals surface area contributed by atoms with Crippen molar-refractivity contribution in [2.75, 3.05) is 13.1 Å². The second kappa shape index (κ2) is 9.64. The lowest BCUT2D eigenvalue weighted by Crippen LogP contribution is -2.68. The molecule has 0 aromatic heterocycles. The first kappa shape index (κ1) is 17.8. The summed E-state index contributed by atoms with van der Waals surface area (Å²) in [6.45, 7) is 10.3. The van der Waals surface area contributed by atoms with E-state index >= 15 is 0 Å². The summed E-state index contributed by atoms with van der Waals surface area (Å²) in [7, 11) is 0. The number of rotatable bonds is 9. The molecule has 1 aliphatic rings. The van der Waals surface area contributed by atoms with E-state index in [1.165, 1.54) is 32.1 Å². The molecule has 1 aliphatic heterocycles. The average Bonchev–Trinajstić information content (AvgIpc) is 2.42. The van der Waals surface area contributed by atoms with Crippen LogP contribution in [0.5, 0.6) is 0 Å². The molecular formula is C16H33N5. The van der Waals surface area contributed by atoms with Gasteiger partial charge in [0.1, 0.15) is 5.66 Å². The van der Waals surface area contributed by atoms with Gasteiger partial charge in [0.25, 0.3) is 0 Å². The molecule has 0 radical (unpaired) electrons. The molecule has 1 saturated heterocycles. The smallest absolute Gasteiger partial charge is 0.199 e. The van der Waals surface area contributed by atoms with Crippen LogP contribution >= 0.6 is 0 Å². The summed E-state index contributed by atoms with van der Waals surface area (Å²) in [6.07, 6.45) is 8.82. The largest absolute Gasteiger partial charge is 0.334 e. The van der Waals surface area contributed by atoms with Gasteiger partial charge >= 0.3 is 0 Å². The van der Waals surface area contributed by atoms with E-state index in [9.17, 15) is 0 Å². The quantitative estimate of drug-likeness (QED) is 0.573. The Hall–Kier alpha value is -1.26. The number of nitrogens with zero attached hydrogens (tertiary/aromatic N) is 2. The summed E-state index contributed by atoms with van der Waals surface area (Å²) in [6, 6.07) is 0. The van der Waals surface area contributed by atoms with Crippen LogP contribution in [0.4, 0.5) is 0 Å². The number of aliphatic imine (C=N–C) groups is 2. The van der Waals surface area contributed by atoms with Gasteiger partial charge in [-0.15, -0.1) is 0 Å². The van der Waals surface area contributed by atoms with Gasteiger partial charge in [0.15, 0.2) is 11.9 Å². The van der Waals surface area contributed by atoms with E-state index < -0.39 is 0 Å². The molecule has 0 aromatic rings. The lowest BCUT2D eigenvalue weighted by Gasteiger charge is -2.36. The standard InChI is InChI=1S/C16H33N5/c1-5-7-8-9-10-11-13-18-15-19-14(17-12-6-2)20-16(3,4)21-15/h5-13H2,1-4H3,(H3,17,18,19,20,21). The van der Waals surface area contributed by atoms with Crippen molar-refractivity contribution in [1.29, 1.82) is 0 Å². The van der Waals surface area contributed by atoms with Crippen molar-refractivity contribution in [2.24, 2.45) is 9.98 Å². The maximum Gasteiger partial charge on any atom is 0.199 e. The third-order valence-electron chi connectivity index (χ3n) is 3.37. The topological polar surface area (TPSA) is 60.8 Å². The van der Waals surface area contributed by atoms with E-state index in [4.69, 9.17) is 0 Å². The highest BCUT2D eigenvalue weighted by Gasteiger charge is 2.26. The van der Waals surface area contributed by atoms with Crippen LogP contribution in [-0.4, -0.2) is 30.7 Å². The summed E-state index contributed by atoms with van der Waals surface area (Å²) >= 11 is 0. The Morgan fingerprint density at radius 1 is 0.762 bits per heavy atom. The highest BCUT2D eigenvalue weighted by Crippen LogP contribution is 2.05. The van der Waals surface area contributed by atoms with Crippen LogP contribution in [0.1, 0.15) is 72.6 Å². The van der Waals surface area contributed by atoms with E-state index in [0.29, 0.717) is 0 Å². The second-order valence-electron chi connectivity index (χ2n) is 6.23. The van der Waals surface area contributed by atoms with Crippen LogP contribution < -0.4 is 16.0 Å². The first-order chi connectivity index (χ1) is 10.1. The summed E-state index contributed by atoms with van der Waals surface area (Å²) in [5.41, 5.74) is -0.211. The predicted molar refractivity (Wildman–Crippen MR) is 91.8 cm³/mol. The minimum absolute atomic E-state index is 0.211. The first-order valence-electron chi connectivity index (χ1n) is 8.49. The molecule has 0 saturated carbocycles. The number of guanidine groups is 2. The van der Waals surface area contributed by atoms with Crippen molar-refractivity contribution >= 4 is 11.9 Å². The van der Waals surface area contributed by atoms with E-state index in [0.717, 1.165) is 37.9 Å². The van der Waals surface area contributed by atoms with Gasteiger partial charge in [-0.25, -0.2) is 0 Å². The fraction of sp³-hybridized carbons (Fsp3) is 0.875. The molecule has 0 atom stereocenters. The van der Waals surface area contributed by atoms with Crippen LogP contribution in [-0.2, 0) is 0 Å². The lowest BCUT2D eigenvalue weighted by atomic mass is 10.1. The van der Waals surface area contributed by atoms with E-state index in [-0.39, 0.29) is 5.66 Å². The molecule has 5 heteroatoms. The molecule has 1 rings (SSSR count). The zero-order chi connectivity index (χ0) is 15.6. The van der Waals surface area contributed by atoms with Crippen LogP contribution in [0.2, 0.25) is 0 Å². The Morgan fingerprint density at radius 3 is 1.95 bits per heavy atom. The number of hydrogen-bond acceptors (Lipinski definition) is 2. The van der Waals surface area contributed by atoms with Crippen molar-refractivity contribution in [3.8, 4) is 0 Å². The van der Waals surface area contributed by atoms with E-state index in [1.807, 2.05) is 0 Å². The van der Waals surface area contributed by atoms with Crippen LogP contribution in [0.3, 0.4) is 0 Å². The molecule has 0 aromatic carbocycles. The zero-order valence-electron chi connectivity index (χ0n) is 14.3. The molecule has 0 amide bonds. The minimum Gasteiger partial charge on any atom is -0.334 e.